The molecule has 0 saturated heterocycles. The first-order valence-corrected chi connectivity index (χ1v) is 7.57. The monoisotopic (exact) mass is 294 g/mol. The quantitative estimate of drug-likeness (QED) is 0.761. The average molecular weight is 294 g/mol. The molecular formula is C17H18N4O. The van der Waals surface area contributed by atoms with Gasteiger partial charge in [0.25, 0.3) is 5.56 Å². The van der Waals surface area contributed by atoms with Crippen LogP contribution in [-0.4, -0.2) is 26.4 Å². The molecule has 2 N–H and O–H groups in total. The van der Waals surface area contributed by atoms with Crippen LogP contribution in [0.5, 0.6) is 0 Å². The summed E-state index contributed by atoms with van der Waals surface area (Å²) >= 11 is 0. The van der Waals surface area contributed by atoms with Crippen LogP contribution in [0.2, 0.25) is 0 Å². The van der Waals surface area contributed by atoms with Gasteiger partial charge in [-0.2, -0.15) is 0 Å². The minimum Gasteiger partial charge on any atom is -0.361 e. The molecule has 0 amide bonds. The van der Waals surface area contributed by atoms with E-state index in [1.165, 1.54) is 16.5 Å². The lowest BCUT2D eigenvalue weighted by atomic mass is 10.1. The lowest BCUT2D eigenvalue weighted by molar-refractivity contribution is 0.241. The summed E-state index contributed by atoms with van der Waals surface area (Å²) in [7, 11) is 0. The number of fused-ring (bicyclic) bond motifs is 2. The van der Waals surface area contributed by atoms with Crippen LogP contribution in [-0.2, 0) is 19.5 Å². The van der Waals surface area contributed by atoms with E-state index in [4.69, 9.17) is 0 Å². The van der Waals surface area contributed by atoms with Crippen LogP contribution in [0.1, 0.15) is 22.6 Å². The number of H-pyrrole nitrogens is 2. The van der Waals surface area contributed by atoms with Crippen LogP contribution in [0.3, 0.4) is 0 Å². The maximum absolute atomic E-state index is 12.0. The van der Waals surface area contributed by atoms with Crippen molar-refractivity contribution in [3.63, 3.8) is 0 Å². The van der Waals surface area contributed by atoms with E-state index < -0.39 is 0 Å². The van der Waals surface area contributed by atoms with E-state index in [1.54, 1.807) is 0 Å². The Balaban J connectivity index is 1.61. The summed E-state index contributed by atoms with van der Waals surface area (Å²) in [6.07, 6.45) is 2.84. The minimum absolute atomic E-state index is 0.0224. The molecule has 3 aromatic rings. The molecule has 22 heavy (non-hydrogen) atoms. The smallest absolute Gasteiger partial charge is 0.254 e. The van der Waals surface area contributed by atoms with E-state index in [0.717, 1.165) is 37.3 Å². The summed E-state index contributed by atoms with van der Waals surface area (Å²) < 4.78 is 0. The normalized spacial score (nSPS) is 15.1. The van der Waals surface area contributed by atoms with Crippen LogP contribution in [0.4, 0.5) is 0 Å². The van der Waals surface area contributed by atoms with Crippen molar-refractivity contribution in [2.24, 2.45) is 0 Å². The van der Waals surface area contributed by atoms with Crippen molar-refractivity contribution in [2.45, 2.75) is 26.4 Å². The molecule has 1 aliphatic rings. The van der Waals surface area contributed by atoms with Gasteiger partial charge in [0, 0.05) is 42.3 Å². The van der Waals surface area contributed by atoms with Gasteiger partial charge in [0.15, 0.2) is 0 Å². The first kappa shape index (κ1) is 13.3. The van der Waals surface area contributed by atoms with Crippen molar-refractivity contribution in [2.75, 3.05) is 6.54 Å². The number of aryl methyl sites for hydroxylation is 1. The summed E-state index contributed by atoms with van der Waals surface area (Å²) in [5, 5.41) is 1.27. The first-order valence-electron chi connectivity index (χ1n) is 7.57. The molecule has 2 aromatic heterocycles. The van der Waals surface area contributed by atoms with E-state index in [-0.39, 0.29) is 5.56 Å². The highest BCUT2D eigenvalue weighted by atomic mass is 16.1. The highest BCUT2D eigenvalue weighted by Crippen LogP contribution is 2.22. The van der Waals surface area contributed by atoms with Gasteiger partial charge in [-0.3, -0.25) is 9.69 Å². The SMILES string of the molecule is Cc1nc2c(c(=O)[nH]1)CCN(Cc1c[nH]c3ccccc13)C2. The Morgan fingerprint density at radius 2 is 2.18 bits per heavy atom. The standard InChI is InChI=1S/C17H18N4O/c1-11-19-16-10-21(7-6-14(16)17(22)20-11)9-12-8-18-15-5-3-2-4-13(12)15/h2-5,8,18H,6-7,9-10H2,1H3,(H,19,20,22). The molecular weight excluding hydrogens is 276 g/mol. The molecule has 0 spiro atoms. The molecule has 4 rings (SSSR count). The predicted molar refractivity (Wildman–Crippen MR) is 85.7 cm³/mol. The molecule has 5 nitrogen and oxygen atoms in total. The number of nitrogens with zero attached hydrogens (tertiary/aromatic N) is 2. The Bertz CT molecular complexity index is 893. The van der Waals surface area contributed by atoms with E-state index in [1.807, 2.05) is 13.0 Å². The zero-order valence-electron chi connectivity index (χ0n) is 12.5. The summed E-state index contributed by atoms with van der Waals surface area (Å²) in [6, 6.07) is 8.34. The molecule has 112 valence electrons. The topological polar surface area (TPSA) is 64.8 Å². The molecule has 1 aromatic carbocycles. The second-order valence-electron chi connectivity index (χ2n) is 5.90. The second kappa shape index (κ2) is 5.10. The van der Waals surface area contributed by atoms with Crippen molar-refractivity contribution >= 4 is 10.9 Å². The van der Waals surface area contributed by atoms with E-state index in [2.05, 4.69) is 44.2 Å². The van der Waals surface area contributed by atoms with Gasteiger partial charge in [-0.05, 0) is 25.0 Å². The van der Waals surface area contributed by atoms with Gasteiger partial charge in [-0.15, -0.1) is 0 Å². The first-order chi connectivity index (χ1) is 10.7. The average Bonchev–Trinajstić information content (AvgIpc) is 2.90. The number of hydrogen-bond acceptors (Lipinski definition) is 3. The zero-order valence-corrected chi connectivity index (χ0v) is 12.5. The van der Waals surface area contributed by atoms with Crippen molar-refractivity contribution in [1.29, 1.82) is 0 Å². The lowest BCUT2D eigenvalue weighted by Gasteiger charge is -2.27. The van der Waals surface area contributed by atoms with Crippen molar-refractivity contribution in [1.82, 2.24) is 19.9 Å². The zero-order chi connectivity index (χ0) is 15.1. The van der Waals surface area contributed by atoms with Crippen LogP contribution < -0.4 is 5.56 Å². The number of hydrogen-bond donors (Lipinski definition) is 2. The number of rotatable bonds is 2. The van der Waals surface area contributed by atoms with Gasteiger partial charge < -0.3 is 9.97 Å². The fourth-order valence-corrected chi connectivity index (χ4v) is 3.26. The van der Waals surface area contributed by atoms with Crippen molar-refractivity contribution in [3.05, 3.63) is 63.5 Å². The molecule has 0 fully saturated rings. The van der Waals surface area contributed by atoms with Crippen LogP contribution >= 0.6 is 0 Å². The highest BCUT2D eigenvalue weighted by molar-refractivity contribution is 5.82. The molecule has 3 heterocycles. The Morgan fingerprint density at radius 1 is 1.32 bits per heavy atom. The van der Waals surface area contributed by atoms with E-state index >= 15 is 0 Å². The van der Waals surface area contributed by atoms with Crippen LogP contribution in [0, 0.1) is 6.92 Å². The number of para-hydroxylation sites is 1. The van der Waals surface area contributed by atoms with Gasteiger partial charge in [0.1, 0.15) is 5.82 Å². The second-order valence-corrected chi connectivity index (χ2v) is 5.90. The van der Waals surface area contributed by atoms with E-state index in [9.17, 15) is 4.79 Å². The Morgan fingerprint density at radius 3 is 3.09 bits per heavy atom. The summed E-state index contributed by atoms with van der Waals surface area (Å²) in [6.45, 7) is 4.33. The Hall–Kier alpha value is -2.40. The molecule has 0 saturated carbocycles. The van der Waals surface area contributed by atoms with Crippen LogP contribution in [0.25, 0.3) is 10.9 Å². The van der Waals surface area contributed by atoms with Crippen molar-refractivity contribution in [3.8, 4) is 0 Å². The van der Waals surface area contributed by atoms with Crippen molar-refractivity contribution < 1.29 is 0 Å². The summed E-state index contributed by atoms with van der Waals surface area (Å²) in [5.74, 6) is 0.692. The molecule has 5 heteroatoms. The van der Waals surface area contributed by atoms with Gasteiger partial charge in [-0.1, -0.05) is 18.2 Å². The third kappa shape index (κ3) is 2.23. The summed E-state index contributed by atoms with van der Waals surface area (Å²) in [4.78, 5) is 24.9. The largest absolute Gasteiger partial charge is 0.361 e. The number of benzene rings is 1. The third-order valence-electron chi connectivity index (χ3n) is 4.34. The molecule has 0 unspecified atom stereocenters. The molecule has 0 atom stereocenters. The number of aromatic amines is 2. The summed E-state index contributed by atoms with van der Waals surface area (Å²) in [5.41, 5.74) is 4.25. The maximum Gasteiger partial charge on any atom is 0.254 e. The molecule has 0 radical (unpaired) electrons. The van der Waals surface area contributed by atoms with Gasteiger partial charge >= 0.3 is 0 Å². The highest BCUT2D eigenvalue weighted by Gasteiger charge is 2.21. The minimum atomic E-state index is 0.0224. The van der Waals surface area contributed by atoms with Gasteiger partial charge in [0.05, 0.1) is 5.69 Å². The maximum atomic E-state index is 12.0. The number of aromatic nitrogens is 3. The molecule has 0 aliphatic carbocycles. The third-order valence-corrected chi connectivity index (χ3v) is 4.34. The Labute approximate surface area is 128 Å². The Kier molecular flexibility index (Phi) is 3.08. The molecule has 1 aliphatic heterocycles. The lowest BCUT2D eigenvalue weighted by Crippen LogP contribution is -2.35. The van der Waals surface area contributed by atoms with Gasteiger partial charge in [-0.25, -0.2) is 4.98 Å². The fourth-order valence-electron chi connectivity index (χ4n) is 3.26. The van der Waals surface area contributed by atoms with Crippen LogP contribution in [0.15, 0.2) is 35.3 Å². The van der Waals surface area contributed by atoms with E-state index in [0.29, 0.717) is 5.82 Å². The fraction of sp³-hybridized carbons (Fsp3) is 0.294. The molecule has 0 bridgehead atoms. The van der Waals surface area contributed by atoms with Gasteiger partial charge in [0.2, 0.25) is 0 Å². The number of nitrogens with one attached hydrogen (secondary N) is 2. The predicted octanol–water partition coefficient (Wildman–Crippen LogP) is 2.12.